The number of carbonyl (C=O) groups excluding carboxylic acids is 1. The van der Waals surface area contributed by atoms with E-state index in [1.165, 1.54) is 6.92 Å². The summed E-state index contributed by atoms with van der Waals surface area (Å²) in [6, 6.07) is 0.781. The van der Waals surface area contributed by atoms with Crippen molar-refractivity contribution < 1.29 is 27.4 Å². The molecule has 0 bridgehead atoms. The smallest absolute Gasteiger partial charge is 0.378 e. The van der Waals surface area contributed by atoms with Crippen molar-refractivity contribution in [2.75, 3.05) is 67.7 Å². The molecule has 2 aliphatic rings. The molecular weight excluding hydrogens is 431 g/mol. The van der Waals surface area contributed by atoms with Gasteiger partial charge in [0.15, 0.2) is 5.82 Å². The highest BCUT2D eigenvalue weighted by molar-refractivity contribution is 5.88. The van der Waals surface area contributed by atoms with Crippen LogP contribution in [0.2, 0.25) is 0 Å². The molecule has 172 valence electrons. The number of amides is 1. The van der Waals surface area contributed by atoms with Gasteiger partial charge in [0.05, 0.1) is 37.6 Å². The maximum atomic E-state index is 13.9. The van der Waals surface area contributed by atoms with Gasteiger partial charge in [0.25, 0.3) is 0 Å². The van der Waals surface area contributed by atoms with Crippen LogP contribution in [0.5, 0.6) is 0 Å². The van der Waals surface area contributed by atoms with E-state index in [9.17, 15) is 18.0 Å². The number of ether oxygens (including phenoxy) is 2. The highest BCUT2D eigenvalue weighted by Gasteiger charge is 2.36. The largest absolute Gasteiger partial charge is 0.417 e. The molecule has 0 unspecified atom stereocenters. The van der Waals surface area contributed by atoms with Gasteiger partial charge >= 0.3 is 6.18 Å². The molecule has 2 aliphatic heterocycles. The van der Waals surface area contributed by atoms with Gasteiger partial charge in [-0.1, -0.05) is 0 Å². The van der Waals surface area contributed by atoms with Gasteiger partial charge in [0.2, 0.25) is 17.8 Å². The number of hydrogen-bond acceptors (Lipinski definition) is 9. The third kappa shape index (κ3) is 5.05. The van der Waals surface area contributed by atoms with Crippen LogP contribution in [0.15, 0.2) is 12.3 Å². The molecule has 4 rings (SSSR count). The lowest BCUT2D eigenvalue weighted by Gasteiger charge is -2.30. The van der Waals surface area contributed by atoms with Crippen LogP contribution in [0.25, 0.3) is 11.4 Å². The topological polar surface area (TPSA) is 106 Å². The SMILES string of the molecule is CC(=O)Nc1cc(C(F)(F)F)c(-c2nc(N3CCOCC3)nc(N3CCOCC3)n2)cn1. The number of halogens is 3. The fourth-order valence-electron chi connectivity index (χ4n) is 3.40. The van der Waals surface area contributed by atoms with Gasteiger partial charge in [-0.25, -0.2) is 4.98 Å². The van der Waals surface area contributed by atoms with E-state index in [4.69, 9.17) is 9.47 Å². The summed E-state index contributed by atoms with van der Waals surface area (Å²) in [5.74, 6) is -0.318. The van der Waals surface area contributed by atoms with Gasteiger partial charge in [0, 0.05) is 39.3 Å². The Kier molecular flexibility index (Phi) is 6.37. The van der Waals surface area contributed by atoms with Gasteiger partial charge in [-0.05, 0) is 6.07 Å². The van der Waals surface area contributed by atoms with Gasteiger partial charge in [0.1, 0.15) is 5.82 Å². The average molecular weight is 453 g/mol. The first-order valence-electron chi connectivity index (χ1n) is 10.1. The summed E-state index contributed by atoms with van der Waals surface area (Å²) in [7, 11) is 0. The van der Waals surface area contributed by atoms with Crippen LogP contribution in [0, 0.1) is 0 Å². The van der Waals surface area contributed by atoms with Crippen LogP contribution in [-0.2, 0) is 20.4 Å². The molecule has 0 radical (unpaired) electrons. The van der Waals surface area contributed by atoms with Crippen LogP contribution < -0.4 is 15.1 Å². The second-order valence-electron chi connectivity index (χ2n) is 7.25. The molecule has 10 nitrogen and oxygen atoms in total. The summed E-state index contributed by atoms with van der Waals surface area (Å²) < 4.78 is 52.4. The normalized spacial score (nSPS) is 17.4. The molecule has 2 aromatic heterocycles. The molecule has 1 N–H and O–H groups in total. The molecule has 0 atom stereocenters. The summed E-state index contributed by atoms with van der Waals surface area (Å²) in [4.78, 5) is 32.1. The number of nitrogens with one attached hydrogen (secondary N) is 1. The van der Waals surface area contributed by atoms with Crippen molar-refractivity contribution in [3.8, 4) is 11.4 Å². The Bertz CT molecular complexity index is 941. The molecule has 32 heavy (non-hydrogen) atoms. The van der Waals surface area contributed by atoms with E-state index in [1.54, 1.807) is 0 Å². The summed E-state index contributed by atoms with van der Waals surface area (Å²) in [5, 5.41) is 2.27. The Morgan fingerprint density at radius 3 is 1.97 bits per heavy atom. The highest BCUT2D eigenvalue weighted by Crippen LogP contribution is 2.37. The van der Waals surface area contributed by atoms with E-state index >= 15 is 0 Å². The maximum Gasteiger partial charge on any atom is 0.417 e. The molecule has 2 fully saturated rings. The number of pyridine rings is 1. The zero-order valence-electron chi connectivity index (χ0n) is 17.4. The van der Waals surface area contributed by atoms with Crippen molar-refractivity contribution in [1.82, 2.24) is 19.9 Å². The van der Waals surface area contributed by atoms with Gasteiger partial charge in [-0.3, -0.25) is 4.79 Å². The molecule has 0 saturated carbocycles. The number of morpholine rings is 2. The van der Waals surface area contributed by atoms with E-state index < -0.39 is 17.6 Å². The minimum Gasteiger partial charge on any atom is -0.378 e. The zero-order chi connectivity index (χ0) is 22.7. The Hall–Kier alpha value is -3.06. The van der Waals surface area contributed by atoms with Crippen molar-refractivity contribution in [2.24, 2.45) is 0 Å². The average Bonchev–Trinajstić information content (AvgIpc) is 2.79. The van der Waals surface area contributed by atoms with Crippen LogP contribution in [0.3, 0.4) is 0 Å². The van der Waals surface area contributed by atoms with Crippen molar-refractivity contribution in [2.45, 2.75) is 13.1 Å². The lowest BCUT2D eigenvalue weighted by Crippen LogP contribution is -2.40. The highest BCUT2D eigenvalue weighted by atomic mass is 19.4. The zero-order valence-corrected chi connectivity index (χ0v) is 17.4. The van der Waals surface area contributed by atoms with Gasteiger partial charge in [-0.15, -0.1) is 0 Å². The van der Waals surface area contributed by atoms with Crippen LogP contribution >= 0.6 is 0 Å². The number of anilines is 3. The third-order valence-corrected chi connectivity index (χ3v) is 4.95. The first kappa shape index (κ1) is 22.1. The number of hydrogen-bond donors (Lipinski definition) is 1. The summed E-state index contributed by atoms with van der Waals surface area (Å²) in [6.07, 6.45) is -3.69. The van der Waals surface area contributed by atoms with E-state index in [2.05, 4.69) is 25.3 Å². The standard InChI is InChI=1S/C19H22F3N7O3/c1-12(30)24-15-10-14(19(20,21)22)13(11-23-15)16-25-17(28-2-6-31-7-3-28)27-18(26-16)29-4-8-32-9-5-29/h10-11H,2-9H2,1H3,(H,23,24,30). The fourth-order valence-corrected chi connectivity index (χ4v) is 3.40. The van der Waals surface area contributed by atoms with Crippen LogP contribution in [0.1, 0.15) is 12.5 Å². The fraction of sp³-hybridized carbons (Fsp3) is 0.526. The molecule has 0 aliphatic carbocycles. The first-order chi connectivity index (χ1) is 15.3. The second-order valence-corrected chi connectivity index (χ2v) is 7.25. The molecule has 2 aromatic rings. The Morgan fingerprint density at radius 2 is 1.50 bits per heavy atom. The predicted octanol–water partition coefficient (Wildman–Crippen LogP) is 1.58. The van der Waals surface area contributed by atoms with Crippen LogP contribution in [0.4, 0.5) is 30.9 Å². The van der Waals surface area contributed by atoms with Gasteiger partial charge < -0.3 is 24.6 Å². The van der Waals surface area contributed by atoms with Crippen molar-refractivity contribution >= 4 is 23.6 Å². The minimum atomic E-state index is -4.71. The van der Waals surface area contributed by atoms with Crippen molar-refractivity contribution in [3.05, 3.63) is 17.8 Å². The molecular formula is C19H22F3N7O3. The quantitative estimate of drug-likeness (QED) is 0.739. The summed E-state index contributed by atoms with van der Waals surface area (Å²) >= 11 is 0. The van der Waals surface area contributed by atoms with Gasteiger partial charge in [-0.2, -0.15) is 28.1 Å². The van der Waals surface area contributed by atoms with E-state index in [-0.39, 0.29) is 29.1 Å². The number of rotatable bonds is 4. The minimum absolute atomic E-state index is 0.141. The second kappa shape index (κ2) is 9.20. The summed E-state index contributed by atoms with van der Waals surface area (Å²) in [5.41, 5.74) is -1.29. The number of alkyl halides is 3. The molecule has 4 heterocycles. The van der Waals surface area contributed by atoms with Crippen LogP contribution in [-0.4, -0.2) is 78.4 Å². The lowest BCUT2D eigenvalue weighted by molar-refractivity contribution is -0.137. The summed E-state index contributed by atoms with van der Waals surface area (Å²) in [6.45, 7) is 5.11. The Balaban J connectivity index is 1.81. The Morgan fingerprint density at radius 1 is 0.969 bits per heavy atom. The maximum absolute atomic E-state index is 13.9. The van der Waals surface area contributed by atoms with E-state index in [0.29, 0.717) is 52.6 Å². The molecule has 0 aromatic carbocycles. The monoisotopic (exact) mass is 453 g/mol. The molecule has 2 saturated heterocycles. The predicted molar refractivity (Wildman–Crippen MR) is 108 cm³/mol. The molecule has 13 heteroatoms. The number of aromatic nitrogens is 4. The van der Waals surface area contributed by atoms with E-state index in [1.807, 2.05) is 9.80 Å². The third-order valence-electron chi connectivity index (χ3n) is 4.95. The van der Waals surface area contributed by atoms with E-state index in [0.717, 1.165) is 12.3 Å². The number of nitrogens with zero attached hydrogens (tertiary/aromatic N) is 6. The molecule has 1 amide bonds. The lowest BCUT2D eigenvalue weighted by atomic mass is 10.1. The Labute approximate surface area is 181 Å². The van der Waals surface area contributed by atoms with Crippen molar-refractivity contribution in [3.63, 3.8) is 0 Å². The molecule has 0 spiro atoms. The number of carbonyl (C=O) groups is 1. The van der Waals surface area contributed by atoms with Crippen molar-refractivity contribution in [1.29, 1.82) is 0 Å². The first-order valence-corrected chi connectivity index (χ1v) is 10.1.